The Hall–Kier alpha value is -1.59. The monoisotopic (exact) mass is 252 g/mol. The second kappa shape index (κ2) is 6.37. The van der Waals surface area contributed by atoms with Crippen molar-refractivity contribution in [1.82, 2.24) is 10.4 Å². The van der Waals surface area contributed by atoms with Gasteiger partial charge >= 0.3 is 0 Å². The highest BCUT2D eigenvalue weighted by molar-refractivity contribution is 5.76. The van der Waals surface area contributed by atoms with E-state index in [0.717, 1.165) is 0 Å². The molecule has 1 amide bonds. The molecular weight excluding hydrogens is 232 g/mol. The van der Waals surface area contributed by atoms with Crippen LogP contribution in [-0.2, 0) is 4.79 Å². The van der Waals surface area contributed by atoms with Crippen molar-refractivity contribution >= 4 is 5.91 Å². The Bertz CT molecular complexity index is 374. The number of nitrogens with one attached hydrogen (secondary N) is 1. The number of likely N-dealkylation sites (N-methyl/N-ethyl adjacent to an activating group) is 1. The number of hydrazine groups is 1. The van der Waals surface area contributed by atoms with Crippen LogP contribution in [0.3, 0.4) is 0 Å². The van der Waals surface area contributed by atoms with Crippen LogP contribution >= 0.6 is 0 Å². The maximum Gasteiger partial charge on any atom is 0.272 e. The quantitative estimate of drug-likeness (QED) is 0.735. The van der Waals surface area contributed by atoms with Crippen molar-refractivity contribution in [2.45, 2.75) is 19.4 Å². The molecule has 0 atom stereocenters. The van der Waals surface area contributed by atoms with E-state index in [2.05, 4.69) is 5.43 Å². The van der Waals surface area contributed by atoms with Crippen LogP contribution in [0.1, 0.15) is 13.8 Å². The number of carbonyl (C=O) groups excluding carboxylic acids is 1. The van der Waals surface area contributed by atoms with Crippen molar-refractivity contribution in [3.8, 4) is 5.75 Å². The second-order valence-corrected chi connectivity index (χ2v) is 4.81. The standard InChI is InChI=1S/C13H20N2O3/c1-13(2,17)10-15(3)14-12(16)9-18-11-7-5-4-6-8-11/h4-8,17H,9-10H2,1-3H3,(H,14,16). The van der Waals surface area contributed by atoms with E-state index in [1.54, 1.807) is 33.0 Å². The molecule has 5 heteroatoms. The number of para-hydroxylation sites is 1. The maximum atomic E-state index is 11.6. The number of ether oxygens (including phenoxy) is 1. The molecule has 0 bridgehead atoms. The first kappa shape index (κ1) is 14.5. The number of benzene rings is 1. The van der Waals surface area contributed by atoms with E-state index in [4.69, 9.17) is 4.74 Å². The van der Waals surface area contributed by atoms with Crippen molar-refractivity contribution in [2.24, 2.45) is 0 Å². The minimum absolute atomic E-state index is 0.0553. The predicted octanol–water partition coefficient (Wildman–Crippen LogP) is 0.799. The van der Waals surface area contributed by atoms with Gasteiger partial charge in [0.05, 0.1) is 5.60 Å². The van der Waals surface area contributed by atoms with Crippen LogP contribution in [0.4, 0.5) is 0 Å². The number of amides is 1. The first-order valence-electron chi connectivity index (χ1n) is 5.78. The van der Waals surface area contributed by atoms with Crippen molar-refractivity contribution in [3.05, 3.63) is 30.3 Å². The van der Waals surface area contributed by atoms with E-state index >= 15 is 0 Å². The molecule has 0 unspecified atom stereocenters. The molecule has 0 radical (unpaired) electrons. The fourth-order valence-electron chi connectivity index (χ4n) is 1.53. The van der Waals surface area contributed by atoms with E-state index in [1.165, 1.54) is 5.01 Å². The van der Waals surface area contributed by atoms with E-state index in [-0.39, 0.29) is 12.5 Å². The molecule has 2 N–H and O–H groups in total. The molecule has 18 heavy (non-hydrogen) atoms. The zero-order chi connectivity index (χ0) is 13.6. The largest absolute Gasteiger partial charge is 0.484 e. The molecule has 0 heterocycles. The third kappa shape index (κ3) is 6.22. The van der Waals surface area contributed by atoms with Crippen LogP contribution in [0, 0.1) is 0 Å². The molecule has 0 spiro atoms. The summed E-state index contributed by atoms with van der Waals surface area (Å²) in [6, 6.07) is 9.13. The van der Waals surface area contributed by atoms with Crippen LogP contribution in [0.5, 0.6) is 5.75 Å². The Labute approximate surface area is 107 Å². The molecule has 0 aliphatic carbocycles. The normalized spacial score (nSPS) is 11.4. The van der Waals surface area contributed by atoms with Gasteiger partial charge in [-0.15, -0.1) is 0 Å². The van der Waals surface area contributed by atoms with Crippen molar-refractivity contribution in [3.63, 3.8) is 0 Å². The molecule has 100 valence electrons. The summed E-state index contributed by atoms with van der Waals surface area (Å²) in [5, 5.41) is 11.1. The van der Waals surface area contributed by atoms with Gasteiger partial charge in [-0.2, -0.15) is 0 Å². The number of carbonyl (C=O) groups is 1. The molecule has 0 aliphatic heterocycles. The highest BCUT2D eigenvalue weighted by Gasteiger charge is 2.16. The van der Waals surface area contributed by atoms with E-state index < -0.39 is 5.60 Å². The number of nitrogens with zero attached hydrogens (tertiary/aromatic N) is 1. The lowest BCUT2D eigenvalue weighted by atomic mass is 10.1. The van der Waals surface area contributed by atoms with Crippen LogP contribution in [0.2, 0.25) is 0 Å². The fourth-order valence-corrected chi connectivity index (χ4v) is 1.53. The molecule has 5 nitrogen and oxygen atoms in total. The van der Waals surface area contributed by atoms with Crippen molar-refractivity contribution in [1.29, 1.82) is 0 Å². The lowest BCUT2D eigenvalue weighted by Crippen LogP contribution is -2.47. The molecule has 1 aromatic rings. The lowest BCUT2D eigenvalue weighted by Gasteiger charge is -2.25. The highest BCUT2D eigenvalue weighted by Crippen LogP contribution is 2.07. The average Bonchev–Trinajstić information content (AvgIpc) is 2.25. The van der Waals surface area contributed by atoms with Gasteiger partial charge in [0, 0.05) is 13.6 Å². The molecule has 0 aliphatic rings. The molecule has 1 rings (SSSR count). The molecule has 0 aromatic heterocycles. The van der Waals surface area contributed by atoms with Gasteiger partial charge in [-0.25, -0.2) is 5.01 Å². The number of hydrogen-bond donors (Lipinski definition) is 2. The first-order valence-corrected chi connectivity index (χ1v) is 5.78. The van der Waals surface area contributed by atoms with Crippen LogP contribution in [0.25, 0.3) is 0 Å². The van der Waals surface area contributed by atoms with Crippen LogP contribution < -0.4 is 10.2 Å². The predicted molar refractivity (Wildman–Crippen MR) is 69.0 cm³/mol. The summed E-state index contributed by atoms with van der Waals surface area (Å²) in [6.45, 7) is 3.64. The van der Waals surface area contributed by atoms with Gasteiger partial charge < -0.3 is 9.84 Å². The fraction of sp³-hybridized carbons (Fsp3) is 0.462. The van der Waals surface area contributed by atoms with Crippen molar-refractivity contribution in [2.75, 3.05) is 20.2 Å². The van der Waals surface area contributed by atoms with Gasteiger partial charge in [-0.1, -0.05) is 18.2 Å². The van der Waals surface area contributed by atoms with Gasteiger partial charge in [-0.3, -0.25) is 10.2 Å². The summed E-state index contributed by atoms with van der Waals surface area (Å²) < 4.78 is 5.30. The van der Waals surface area contributed by atoms with Gasteiger partial charge in [0.2, 0.25) is 0 Å². The van der Waals surface area contributed by atoms with Crippen LogP contribution in [0.15, 0.2) is 30.3 Å². The van der Waals surface area contributed by atoms with Gasteiger partial charge in [0.25, 0.3) is 5.91 Å². The SMILES string of the molecule is CN(CC(C)(C)O)NC(=O)COc1ccccc1. The van der Waals surface area contributed by atoms with E-state index in [0.29, 0.717) is 12.3 Å². The Balaban J connectivity index is 2.30. The van der Waals surface area contributed by atoms with E-state index in [9.17, 15) is 9.90 Å². The molecule has 0 saturated carbocycles. The minimum atomic E-state index is -0.859. The first-order chi connectivity index (χ1) is 8.37. The maximum absolute atomic E-state index is 11.6. The number of hydrogen-bond acceptors (Lipinski definition) is 4. The molecule has 1 aromatic carbocycles. The smallest absolute Gasteiger partial charge is 0.272 e. The Kier molecular flexibility index (Phi) is 5.12. The summed E-state index contributed by atoms with van der Waals surface area (Å²) in [6.07, 6.45) is 0. The summed E-state index contributed by atoms with van der Waals surface area (Å²) in [7, 11) is 1.69. The molecule has 0 saturated heterocycles. The van der Waals surface area contributed by atoms with Gasteiger partial charge in [-0.05, 0) is 26.0 Å². The third-order valence-electron chi connectivity index (χ3n) is 2.05. The third-order valence-corrected chi connectivity index (χ3v) is 2.05. The highest BCUT2D eigenvalue weighted by atomic mass is 16.5. The van der Waals surface area contributed by atoms with Crippen LogP contribution in [-0.4, -0.2) is 41.8 Å². The summed E-state index contributed by atoms with van der Waals surface area (Å²) >= 11 is 0. The second-order valence-electron chi connectivity index (χ2n) is 4.81. The van der Waals surface area contributed by atoms with Gasteiger partial charge in [0.15, 0.2) is 6.61 Å². The topological polar surface area (TPSA) is 61.8 Å². The summed E-state index contributed by atoms with van der Waals surface area (Å²) in [5.74, 6) is 0.392. The van der Waals surface area contributed by atoms with Gasteiger partial charge in [0.1, 0.15) is 5.75 Å². The minimum Gasteiger partial charge on any atom is -0.484 e. The number of aliphatic hydroxyl groups is 1. The van der Waals surface area contributed by atoms with E-state index in [1.807, 2.05) is 18.2 Å². The summed E-state index contributed by atoms with van der Waals surface area (Å²) in [5.41, 5.74) is 1.76. The Morgan fingerprint density at radius 2 is 2.00 bits per heavy atom. The zero-order valence-electron chi connectivity index (χ0n) is 11.0. The molecular formula is C13H20N2O3. The lowest BCUT2D eigenvalue weighted by molar-refractivity contribution is -0.128. The van der Waals surface area contributed by atoms with Crippen molar-refractivity contribution < 1.29 is 14.6 Å². The summed E-state index contributed by atoms with van der Waals surface area (Å²) in [4.78, 5) is 11.6. The Morgan fingerprint density at radius 3 is 2.56 bits per heavy atom. The average molecular weight is 252 g/mol. The zero-order valence-corrected chi connectivity index (χ0v) is 11.0. The Morgan fingerprint density at radius 1 is 1.39 bits per heavy atom. The number of rotatable bonds is 6. The molecule has 0 fully saturated rings.